The molecule has 2 unspecified atom stereocenters. The SMILES string of the molecule is NCC1CCCC1COCc1cc(F)cc([N+](=O)[O-])c1. The van der Waals surface area contributed by atoms with Gasteiger partial charge in [-0.05, 0) is 42.9 Å². The van der Waals surface area contributed by atoms with E-state index in [0.29, 0.717) is 30.6 Å². The average molecular weight is 282 g/mol. The Morgan fingerprint density at radius 1 is 1.35 bits per heavy atom. The van der Waals surface area contributed by atoms with Crippen LogP contribution in [0.25, 0.3) is 0 Å². The Kier molecular flexibility index (Phi) is 5.03. The van der Waals surface area contributed by atoms with Crippen LogP contribution in [0.2, 0.25) is 0 Å². The standard InChI is InChI=1S/C14H19FN2O3/c15-13-4-10(5-14(6-13)17(18)19)8-20-9-12-3-1-2-11(12)7-16/h4-6,11-12H,1-3,7-9,16H2. The smallest absolute Gasteiger partial charge is 0.272 e. The quantitative estimate of drug-likeness (QED) is 0.642. The van der Waals surface area contributed by atoms with E-state index in [4.69, 9.17) is 10.5 Å². The molecule has 1 aliphatic carbocycles. The van der Waals surface area contributed by atoms with Gasteiger partial charge in [-0.15, -0.1) is 0 Å². The minimum absolute atomic E-state index is 0.187. The number of nitro groups is 1. The molecule has 0 spiro atoms. The molecular weight excluding hydrogens is 263 g/mol. The first-order valence-corrected chi connectivity index (χ1v) is 6.82. The third kappa shape index (κ3) is 3.74. The van der Waals surface area contributed by atoms with Crippen LogP contribution in [0.4, 0.5) is 10.1 Å². The first kappa shape index (κ1) is 14.9. The second-order valence-electron chi connectivity index (χ2n) is 5.28. The summed E-state index contributed by atoms with van der Waals surface area (Å²) in [6.45, 7) is 1.43. The molecular formula is C14H19FN2O3. The lowest BCUT2D eigenvalue weighted by Crippen LogP contribution is -2.22. The predicted octanol–water partition coefficient (Wildman–Crippen LogP) is 2.63. The van der Waals surface area contributed by atoms with Crippen LogP contribution in [0.5, 0.6) is 0 Å². The molecule has 6 heteroatoms. The molecule has 0 saturated heterocycles. The van der Waals surface area contributed by atoms with E-state index in [1.807, 2.05) is 0 Å². The van der Waals surface area contributed by atoms with E-state index in [0.717, 1.165) is 18.9 Å². The largest absolute Gasteiger partial charge is 0.376 e. The van der Waals surface area contributed by atoms with Crippen LogP contribution in [0.3, 0.4) is 0 Å². The third-order valence-electron chi connectivity index (χ3n) is 3.87. The van der Waals surface area contributed by atoms with Crippen LogP contribution in [0, 0.1) is 27.8 Å². The molecule has 0 amide bonds. The molecule has 1 saturated carbocycles. The molecule has 2 N–H and O–H groups in total. The number of hydrogen-bond acceptors (Lipinski definition) is 4. The number of benzene rings is 1. The fourth-order valence-corrected chi connectivity index (χ4v) is 2.79. The van der Waals surface area contributed by atoms with E-state index in [-0.39, 0.29) is 12.3 Å². The second kappa shape index (κ2) is 6.76. The van der Waals surface area contributed by atoms with Gasteiger partial charge < -0.3 is 10.5 Å². The van der Waals surface area contributed by atoms with Gasteiger partial charge in [-0.1, -0.05) is 6.42 Å². The highest BCUT2D eigenvalue weighted by Crippen LogP contribution is 2.31. The van der Waals surface area contributed by atoms with Gasteiger partial charge in [-0.3, -0.25) is 10.1 Å². The van der Waals surface area contributed by atoms with Gasteiger partial charge in [-0.25, -0.2) is 4.39 Å². The molecule has 1 aliphatic rings. The highest BCUT2D eigenvalue weighted by molar-refractivity contribution is 5.34. The molecule has 2 rings (SSSR count). The van der Waals surface area contributed by atoms with E-state index in [9.17, 15) is 14.5 Å². The van der Waals surface area contributed by atoms with Gasteiger partial charge in [-0.2, -0.15) is 0 Å². The zero-order valence-corrected chi connectivity index (χ0v) is 11.3. The maximum absolute atomic E-state index is 13.3. The van der Waals surface area contributed by atoms with E-state index in [2.05, 4.69) is 0 Å². The van der Waals surface area contributed by atoms with Crippen LogP contribution < -0.4 is 5.73 Å². The van der Waals surface area contributed by atoms with Crippen molar-refractivity contribution in [2.45, 2.75) is 25.9 Å². The van der Waals surface area contributed by atoms with E-state index >= 15 is 0 Å². The van der Waals surface area contributed by atoms with Crippen LogP contribution >= 0.6 is 0 Å². The van der Waals surface area contributed by atoms with Crippen molar-refractivity contribution in [3.8, 4) is 0 Å². The summed E-state index contributed by atoms with van der Waals surface area (Å²) in [5.74, 6) is 0.332. The Morgan fingerprint density at radius 2 is 2.10 bits per heavy atom. The molecule has 0 heterocycles. The topological polar surface area (TPSA) is 78.4 Å². The summed E-state index contributed by atoms with van der Waals surface area (Å²) in [5, 5.41) is 10.7. The van der Waals surface area contributed by atoms with Gasteiger partial charge in [0.25, 0.3) is 5.69 Å². The van der Waals surface area contributed by atoms with Gasteiger partial charge >= 0.3 is 0 Å². The molecule has 20 heavy (non-hydrogen) atoms. The van der Waals surface area contributed by atoms with Crippen molar-refractivity contribution < 1.29 is 14.1 Å². The summed E-state index contributed by atoms with van der Waals surface area (Å²) in [6, 6.07) is 3.52. The first-order valence-electron chi connectivity index (χ1n) is 6.82. The monoisotopic (exact) mass is 282 g/mol. The Balaban J connectivity index is 1.89. The fourth-order valence-electron chi connectivity index (χ4n) is 2.79. The number of nitrogens with two attached hydrogens (primary N) is 1. The van der Waals surface area contributed by atoms with E-state index in [1.165, 1.54) is 18.6 Å². The summed E-state index contributed by atoms with van der Waals surface area (Å²) < 4.78 is 18.8. The average Bonchev–Trinajstić information content (AvgIpc) is 2.85. The molecule has 1 aromatic rings. The van der Waals surface area contributed by atoms with E-state index < -0.39 is 10.7 Å². The van der Waals surface area contributed by atoms with Gasteiger partial charge in [0, 0.05) is 6.07 Å². The fraction of sp³-hybridized carbons (Fsp3) is 0.571. The van der Waals surface area contributed by atoms with Crippen molar-refractivity contribution in [2.75, 3.05) is 13.2 Å². The number of nitro benzene ring substituents is 1. The lowest BCUT2D eigenvalue weighted by molar-refractivity contribution is -0.385. The van der Waals surface area contributed by atoms with Crippen molar-refractivity contribution in [3.05, 3.63) is 39.7 Å². The number of rotatable bonds is 6. The lowest BCUT2D eigenvalue weighted by Gasteiger charge is -2.17. The van der Waals surface area contributed by atoms with E-state index in [1.54, 1.807) is 0 Å². The molecule has 1 aromatic carbocycles. The van der Waals surface area contributed by atoms with Gasteiger partial charge in [0.1, 0.15) is 5.82 Å². The van der Waals surface area contributed by atoms with Crippen molar-refractivity contribution >= 4 is 5.69 Å². The van der Waals surface area contributed by atoms with Crippen molar-refractivity contribution in [2.24, 2.45) is 17.6 Å². The lowest BCUT2D eigenvalue weighted by atomic mass is 9.97. The predicted molar refractivity (Wildman–Crippen MR) is 72.6 cm³/mol. The summed E-state index contributed by atoms with van der Waals surface area (Å²) >= 11 is 0. The van der Waals surface area contributed by atoms with Crippen LogP contribution in [0.15, 0.2) is 18.2 Å². The summed E-state index contributed by atoms with van der Waals surface area (Å²) in [5.41, 5.74) is 5.94. The van der Waals surface area contributed by atoms with Gasteiger partial charge in [0.05, 0.1) is 24.2 Å². The van der Waals surface area contributed by atoms with Crippen LogP contribution in [-0.4, -0.2) is 18.1 Å². The molecule has 0 radical (unpaired) electrons. The summed E-state index contributed by atoms with van der Waals surface area (Å²) in [7, 11) is 0. The third-order valence-corrected chi connectivity index (χ3v) is 3.87. The zero-order chi connectivity index (χ0) is 14.5. The molecule has 0 aliphatic heterocycles. The summed E-state index contributed by atoms with van der Waals surface area (Å²) in [4.78, 5) is 10.1. The Hall–Kier alpha value is -1.53. The molecule has 0 bridgehead atoms. The first-order chi connectivity index (χ1) is 9.60. The summed E-state index contributed by atoms with van der Waals surface area (Å²) in [6.07, 6.45) is 3.41. The molecule has 5 nitrogen and oxygen atoms in total. The van der Waals surface area contributed by atoms with Crippen molar-refractivity contribution in [1.82, 2.24) is 0 Å². The number of non-ortho nitro benzene ring substituents is 1. The van der Waals surface area contributed by atoms with Gasteiger partial charge in [0.2, 0.25) is 0 Å². The minimum atomic E-state index is -0.612. The minimum Gasteiger partial charge on any atom is -0.376 e. The Bertz CT molecular complexity index is 481. The Morgan fingerprint density at radius 3 is 2.80 bits per heavy atom. The normalized spacial score (nSPS) is 22.1. The van der Waals surface area contributed by atoms with Crippen molar-refractivity contribution in [1.29, 1.82) is 0 Å². The number of ether oxygens (including phenoxy) is 1. The molecule has 1 fully saturated rings. The molecule has 2 atom stereocenters. The second-order valence-corrected chi connectivity index (χ2v) is 5.28. The number of hydrogen-bond donors (Lipinski definition) is 1. The van der Waals surface area contributed by atoms with Crippen molar-refractivity contribution in [3.63, 3.8) is 0 Å². The number of nitrogens with zero attached hydrogens (tertiary/aromatic N) is 1. The number of halogens is 1. The highest BCUT2D eigenvalue weighted by Gasteiger charge is 2.26. The van der Waals surface area contributed by atoms with Crippen LogP contribution in [0.1, 0.15) is 24.8 Å². The van der Waals surface area contributed by atoms with Gasteiger partial charge in [0.15, 0.2) is 0 Å². The highest BCUT2D eigenvalue weighted by atomic mass is 19.1. The Labute approximate surface area is 117 Å². The maximum Gasteiger partial charge on any atom is 0.272 e. The van der Waals surface area contributed by atoms with Crippen LogP contribution in [-0.2, 0) is 11.3 Å². The maximum atomic E-state index is 13.3. The molecule has 110 valence electrons. The molecule has 0 aromatic heterocycles. The zero-order valence-electron chi connectivity index (χ0n) is 11.3.